The minimum atomic E-state index is -0.987. The number of ether oxygens (including phenoxy) is 1. The molecule has 0 aromatic heterocycles. The number of carbonyl (C=O) groups is 2. The molecule has 1 saturated heterocycles. The number of hydrogen-bond donors (Lipinski definition) is 1. The molecular weight excluding hydrogens is 278 g/mol. The van der Waals surface area contributed by atoms with E-state index in [9.17, 15) is 14.7 Å². The fraction of sp³-hybridized carbons (Fsp3) is 0.429. The molecule has 1 amide bonds. The average molecular weight is 295 g/mol. The summed E-state index contributed by atoms with van der Waals surface area (Å²) in [6.07, 6.45) is 1.78. The maximum Gasteiger partial charge on any atom is 0.411 e. The van der Waals surface area contributed by atoms with Crippen LogP contribution in [0.4, 0.5) is 4.79 Å². The van der Waals surface area contributed by atoms with Crippen molar-refractivity contribution in [3.63, 3.8) is 0 Å². The Bertz CT molecular complexity index is 479. The van der Waals surface area contributed by atoms with Gasteiger partial charge < -0.3 is 9.84 Å². The van der Waals surface area contributed by atoms with Crippen LogP contribution in [0.3, 0.4) is 0 Å². The third-order valence-electron chi connectivity index (χ3n) is 3.31. The van der Waals surface area contributed by atoms with Gasteiger partial charge in [0.15, 0.2) is 0 Å². The van der Waals surface area contributed by atoms with Crippen molar-refractivity contribution in [1.82, 2.24) is 4.90 Å². The largest absolute Gasteiger partial charge is 0.480 e. The van der Waals surface area contributed by atoms with Gasteiger partial charge in [-0.3, -0.25) is 4.90 Å². The zero-order valence-electron chi connectivity index (χ0n) is 11.2. The first kappa shape index (κ1) is 14.7. The van der Waals surface area contributed by atoms with E-state index in [0.717, 1.165) is 5.56 Å². The third-order valence-corrected chi connectivity index (χ3v) is 3.96. The Kier molecular flexibility index (Phi) is 4.89. The quantitative estimate of drug-likeness (QED) is 0.873. The monoisotopic (exact) mass is 295 g/mol. The zero-order valence-corrected chi connectivity index (χ0v) is 12.0. The Morgan fingerprint density at radius 1 is 1.50 bits per heavy atom. The maximum absolute atomic E-state index is 11.9. The predicted octanol–water partition coefficient (Wildman–Crippen LogP) is 2.39. The number of thioether (sulfide) groups is 1. The molecular formula is C14H17NO4S. The normalized spacial score (nSPS) is 19.8. The summed E-state index contributed by atoms with van der Waals surface area (Å²) >= 11 is 1.56. The summed E-state index contributed by atoms with van der Waals surface area (Å²) in [5.41, 5.74) is 0.897. The maximum atomic E-state index is 11.9. The Morgan fingerprint density at radius 3 is 2.80 bits per heavy atom. The molecule has 0 unspecified atom stereocenters. The molecule has 1 aliphatic rings. The summed E-state index contributed by atoms with van der Waals surface area (Å²) in [5.74, 6) is -0.304. The summed E-state index contributed by atoms with van der Waals surface area (Å²) in [7, 11) is 0. The molecule has 1 fully saturated rings. The Morgan fingerprint density at radius 2 is 2.20 bits per heavy atom. The minimum absolute atomic E-state index is 0.200. The van der Waals surface area contributed by atoms with E-state index in [1.165, 1.54) is 4.90 Å². The number of cyclic esters (lactones) is 1. The van der Waals surface area contributed by atoms with Crippen molar-refractivity contribution in [2.75, 3.05) is 18.6 Å². The van der Waals surface area contributed by atoms with Crippen LogP contribution in [0.2, 0.25) is 0 Å². The molecule has 0 radical (unpaired) electrons. The second-order valence-corrected chi connectivity index (χ2v) is 5.53. The molecule has 2 atom stereocenters. The number of aliphatic carboxylic acids is 1. The van der Waals surface area contributed by atoms with Gasteiger partial charge in [0.25, 0.3) is 0 Å². The van der Waals surface area contributed by atoms with Crippen molar-refractivity contribution in [1.29, 1.82) is 0 Å². The van der Waals surface area contributed by atoms with E-state index in [1.54, 1.807) is 11.8 Å². The highest BCUT2D eigenvalue weighted by molar-refractivity contribution is 7.98. The lowest BCUT2D eigenvalue weighted by Crippen LogP contribution is -2.43. The fourth-order valence-electron chi connectivity index (χ4n) is 2.32. The number of benzene rings is 1. The zero-order chi connectivity index (χ0) is 14.5. The molecule has 0 bridgehead atoms. The molecule has 1 N–H and O–H groups in total. The number of rotatable bonds is 6. The van der Waals surface area contributed by atoms with Crippen molar-refractivity contribution in [2.45, 2.75) is 18.5 Å². The van der Waals surface area contributed by atoms with Gasteiger partial charge in [0.1, 0.15) is 12.6 Å². The standard InChI is InChI=1S/C14H17NO4S/c1-20-8-7-11(13(16)17)15-12(9-19-14(15)18)10-5-3-2-4-6-10/h2-6,11-12H,7-9H2,1H3,(H,16,17)/t11-,12+/m0/s1. The predicted molar refractivity (Wildman–Crippen MR) is 76.8 cm³/mol. The molecule has 0 aliphatic carbocycles. The van der Waals surface area contributed by atoms with Crippen LogP contribution in [-0.4, -0.2) is 46.7 Å². The van der Waals surface area contributed by atoms with E-state index >= 15 is 0 Å². The van der Waals surface area contributed by atoms with Crippen molar-refractivity contribution >= 4 is 23.8 Å². The van der Waals surface area contributed by atoms with Crippen LogP contribution in [0.5, 0.6) is 0 Å². The van der Waals surface area contributed by atoms with Gasteiger partial charge in [-0.25, -0.2) is 9.59 Å². The molecule has 0 saturated carbocycles. The SMILES string of the molecule is CSCC[C@@H](C(=O)O)N1C(=O)OC[C@@H]1c1ccccc1. The first-order valence-electron chi connectivity index (χ1n) is 6.37. The molecule has 5 nitrogen and oxygen atoms in total. The van der Waals surface area contributed by atoms with Crippen LogP contribution in [0.1, 0.15) is 18.0 Å². The molecule has 2 rings (SSSR count). The van der Waals surface area contributed by atoms with Gasteiger partial charge >= 0.3 is 12.1 Å². The Labute approximate surface area is 121 Å². The van der Waals surface area contributed by atoms with Gasteiger partial charge in [0, 0.05) is 0 Å². The lowest BCUT2D eigenvalue weighted by Gasteiger charge is -2.27. The first-order chi connectivity index (χ1) is 9.65. The van der Waals surface area contributed by atoms with Gasteiger partial charge in [-0.15, -0.1) is 0 Å². The second-order valence-electron chi connectivity index (χ2n) is 4.55. The third kappa shape index (κ3) is 3.07. The number of carboxylic acid groups (broad SMARTS) is 1. The van der Waals surface area contributed by atoms with Crippen LogP contribution in [-0.2, 0) is 9.53 Å². The van der Waals surface area contributed by atoms with Crippen molar-refractivity contribution < 1.29 is 19.4 Å². The van der Waals surface area contributed by atoms with Crippen LogP contribution in [0.25, 0.3) is 0 Å². The number of hydrogen-bond acceptors (Lipinski definition) is 4. The first-order valence-corrected chi connectivity index (χ1v) is 7.76. The molecule has 108 valence electrons. The lowest BCUT2D eigenvalue weighted by molar-refractivity contribution is -0.142. The van der Waals surface area contributed by atoms with Crippen molar-refractivity contribution in [3.8, 4) is 0 Å². The van der Waals surface area contributed by atoms with Crippen LogP contribution in [0, 0.1) is 0 Å². The summed E-state index contributed by atoms with van der Waals surface area (Å²) in [6.45, 7) is 0.200. The van der Waals surface area contributed by atoms with Crippen LogP contribution < -0.4 is 0 Å². The fourth-order valence-corrected chi connectivity index (χ4v) is 2.78. The molecule has 0 spiro atoms. The van der Waals surface area contributed by atoms with E-state index in [-0.39, 0.29) is 12.6 Å². The van der Waals surface area contributed by atoms with E-state index in [0.29, 0.717) is 12.2 Å². The van der Waals surface area contributed by atoms with E-state index < -0.39 is 18.1 Å². The minimum Gasteiger partial charge on any atom is -0.480 e. The highest BCUT2D eigenvalue weighted by atomic mass is 32.2. The Balaban J connectivity index is 2.24. The Hall–Kier alpha value is -1.69. The number of nitrogens with zero attached hydrogens (tertiary/aromatic N) is 1. The van der Waals surface area contributed by atoms with E-state index in [1.807, 2.05) is 36.6 Å². The van der Waals surface area contributed by atoms with E-state index in [2.05, 4.69) is 0 Å². The summed E-state index contributed by atoms with van der Waals surface area (Å²) in [5, 5.41) is 9.38. The topological polar surface area (TPSA) is 66.8 Å². The highest BCUT2D eigenvalue weighted by Crippen LogP contribution is 2.31. The molecule has 1 aromatic rings. The summed E-state index contributed by atoms with van der Waals surface area (Å²) in [6, 6.07) is 8.21. The lowest BCUT2D eigenvalue weighted by atomic mass is 10.0. The summed E-state index contributed by atoms with van der Waals surface area (Å²) in [4.78, 5) is 24.7. The number of amides is 1. The van der Waals surface area contributed by atoms with Gasteiger partial charge in [-0.2, -0.15) is 11.8 Å². The molecule has 1 aliphatic heterocycles. The number of carbonyl (C=O) groups excluding carboxylic acids is 1. The smallest absolute Gasteiger partial charge is 0.411 e. The number of carboxylic acids is 1. The van der Waals surface area contributed by atoms with Gasteiger partial charge in [0.05, 0.1) is 6.04 Å². The van der Waals surface area contributed by atoms with Crippen LogP contribution in [0.15, 0.2) is 30.3 Å². The van der Waals surface area contributed by atoms with E-state index in [4.69, 9.17) is 4.74 Å². The van der Waals surface area contributed by atoms with Gasteiger partial charge in [-0.05, 0) is 24.0 Å². The molecule has 20 heavy (non-hydrogen) atoms. The van der Waals surface area contributed by atoms with Gasteiger partial charge in [-0.1, -0.05) is 30.3 Å². The van der Waals surface area contributed by atoms with Crippen LogP contribution >= 0.6 is 11.8 Å². The van der Waals surface area contributed by atoms with Crippen molar-refractivity contribution in [3.05, 3.63) is 35.9 Å². The molecule has 1 heterocycles. The average Bonchev–Trinajstić information content (AvgIpc) is 2.82. The van der Waals surface area contributed by atoms with Crippen molar-refractivity contribution in [2.24, 2.45) is 0 Å². The molecule has 6 heteroatoms. The van der Waals surface area contributed by atoms with Gasteiger partial charge in [0.2, 0.25) is 0 Å². The summed E-state index contributed by atoms with van der Waals surface area (Å²) < 4.78 is 5.06. The molecule has 1 aromatic carbocycles. The second kappa shape index (κ2) is 6.65. The highest BCUT2D eigenvalue weighted by Gasteiger charge is 2.41.